The van der Waals surface area contributed by atoms with Crippen LogP contribution in [0.4, 0.5) is 0 Å². The van der Waals surface area contributed by atoms with E-state index in [-0.39, 0.29) is 17.9 Å². The number of esters is 1. The molecule has 1 rings (SSSR count). The first-order valence-corrected chi connectivity index (χ1v) is 5.71. The van der Waals surface area contributed by atoms with Crippen LogP contribution in [0.5, 0.6) is 0 Å². The van der Waals surface area contributed by atoms with Gasteiger partial charge in [-0.3, -0.25) is 4.79 Å². The van der Waals surface area contributed by atoms with Gasteiger partial charge in [0.1, 0.15) is 0 Å². The molecule has 0 radical (unpaired) electrons. The first-order valence-electron chi connectivity index (χ1n) is 5.71. The highest BCUT2D eigenvalue weighted by Crippen LogP contribution is 2.26. The Morgan fingerprint density at radius 3 is 2.73 bits per heavy atom. The third kappa shape index (κ3) is 2.74. The predicted molar refractivity (Wildman–Crippen MR) is 60.3 cm³/mol. The number of carbonyl (C=O) groups excluding carboxylic acids is 1. The summed E-state index contributed by atoms with van der Waals surface area (Å²) in [6, 6.07) is 0.180. The van der Waals surface area contributed by atoms with E-state index in [1.807, 2.05) is 13.8 Å². The fourth-order valence-electron chi connectivity index (χ4n) is 2.09. The molecule has 3 nitrogen and oxygen atoms in total. The average Bonchev–Trinajstić information content (AvgIpc) is 2.18. The molecule has 1 aliphatic heterocycles. The summed E-state index contributed by atoms with van der Waals surface area (Å²) in [5.41, 5.74) is 2.57. The Hall–Kier alpha value is -0.990. The number of nitrogens with one attached hydrogen (secondary N) is 1. The summed E-state index contributed by atoms with van der Waals surface area (Å²) in [5.74, 6) is -0.0976. The highest BCUT2D eigenvalue weighted by Gasteiger charge is 2.31. The molecule has 1 aliphatic rings. The lowest BCUT2D eigenvalue weighted by Gasteiger charge is -2.31. The van der Waals surface area contributed by atoms with Crippen molar-refractivity contribution in [3.63, 3.8) is 0 Å². The molecule has 0 saturated carbocycles. The van der Waals surface area contributed by atoms with Crippen LogP contribution in [0.25, 0.3) is 0 Å². The molecule has 0 aromatic rings. The van der Waals surface area contributed by atoms with Crippen LogP contribution >= 0.6 is 0 Å². The molecular weight excluding hydrogens is 190 g/mol. The summed E-state index contributed by atoms with van der Waals surface area (Å²) < 4.78 is 5.08. The van der Waals surface area contributed by atoms with Gasteiger partial charge in [-0.05, 0) is 33.6 Å². The Kier molecular flexibility index (Phi) is 4.18. The molecule has 0 fully saturated rings. The van der Waals surface area contributed by atoms with Crippen molar-refractivity contribution >= 4 is 5.97 Å². The normalized spacial score (nSPS) is 26.1. The predicted octanol–water partition coefficient (Wildman–Crippen LogP) is 2.23. The Morgan fingerprint density at radius 1 is 1.53 bits per heavy atom. The second-order valence-corrected chi connectivity index (χ2v) is 4.08. The molecule has 0 spiro atoms. The first kappa shape index (κ1) is 12.1. The van der Waals surface area contributed by atoms with Crippen LogP contribution in [0.3, 0.4) is 0 Å². The minimum Gasteiger partial charge on any atom is -0.466 e. The van der Waals surface area contributed by atoms with Crippen LogP contribution in [0.1, 0.15) is 40.5 Å². The van der Waals surface area contributed by atoms with Gasteiger partial charge in [-0.2, -0.15) is 0 Å². The number of allylic oxidation sites excluding steroid dienone is 2. The third-order valence-corrected chi connectivity index (χ3v) is 3.06. The monoisotopic (exact) mass is 211 g/mol. The van der Waals surface area contributed by atoms with Gasteiger partial charge in [-0.25, -0.2) is 0 Å². The molecule has 15 heavy (non-hydrogen) atoms. The largest absolute Gasteiger partial charge is 0.466 e. The van der Waals surface area contributed by atoms with Gasteiger partial charge in [0.25, 0.3) is 0 Å². The smallest absolute Gasteiger partial charge is 0.311 e. The highest BCUT2D eigenvalue weighted by molar-refractivity contribution is 5.74. The van der Waals surface area contributed by atoms with E-state index in [0.717, 1.165) is 12.8 Å². The second-order valence-electron chi connectivity index (χ2n) is 4.08. The third-order valence-electron chi connectivity index (χ3n) is 3.06. The number of carbonyl (C=O) groups is 1. The fraction of sp³-hybridized carbons (Fsp3) is 0.750. The maximum Gasteiger partial charge on any atom is 0.311 e. The maximum atomic E-state index is 11.7. The number of hydrogen-bond acceptors (Lipinski definition) is 3. The molecule has 0 amide bonds. The summed E-state index contributed by atoms with van der Waals surface area (Å²) in [5, 5.41) is 3.35. The van der Waals surface area contributed by atoms with Crippen LogP contribution in [-0.4, -0.2) is 18.6 Å². The molecule has 0 aromatic carbocycles. The molecule has 2 atom stereocenters. The van der Waals surface area contributed by atoms with E-state index < -0.39 is 0 Å². The van der Waals surface area contributed by atoms with Gasteiger partial charge in [-0.1, -0.05) is 12.5 Å². The van der Waals surface area contributed by atoms with Gasteiger partial charge in [0.05, 0.1) is 12.5 Å². The molecular formula is C12H21NO2. The molecule has 0 aliphatic carbocycles. The minimum atomic E-state index is -0.0732. The second kappa shape index (κ2) is 5.19. The van der Waals surface area contributed by atoms with Gasteiger partial charge in [0, 0.05) is 11.7 Å². The standard InChI is InChI=1S/C12H21NO2/c1-5-10-7-11(12(14)15-6-2)9(4)13-8(10)3/h9,11,13H,5-7H2,1-4H3. The van der Waals surface area contributed by atoms with Crippen molar-refractivity contribution < 1.29 is 9.53 Å². The van der Waals surface area contributed by atoms with Gasteiger partial charge in [0.2, 0.25) is 0 Å². The SMILES string of the molecule is CCOC(=O)C1CC(CC)=C(C)NC1C. The van der Waals surface area contributed by atoms with Crippen molar-refractivity contribution in [3.8, 4) is 0 Å². The van der Waals surface area contributed by atoms with Gasteiger partial charge in [-0.15, -0.1) is 0 Å². The minimum absolute atomic E-state index is 0.0244. The van der Waals surface area contributed by atoms with E-state index in [2.05, 4.69) is 19.2 Å². The number of rotatable bonds is 3. The molecule has 0 saturated heterocycles. The van der Waals surface area contributed by atoms with Crippen molar-refractivity contribution in [2.45, 2.75) is 46.6 Å². The van der Waals surface area contributed by atoms with E-state index >= 15 is 0 Å². The maximum absolute atomic E-state index is 11.7. The Bertz CT molecular complexity index is 271. The molecule has 0 bridgehead atoms. The first-order chi connectivity index (χ1) is 7.10. The molecule has 3 heteroatoms. The quantitative estimate of drug-likeness (QED) is 0.727. The van der Waals surface area contributed by atoms with Crippen LogP contribution in [0, 0.1) is 5.92 Å². The van der Waals surface area contributed by atoms with Gasteiger partial charge < -0.3 is 10.1 Å². The van der Waals surface area contributed by atoms with E-state index in [0.29, 0.717) is 6.61 Å². The summed E-state index contributed by atoms with van der Waals surface area (Å²) in [6.07, 6.45) is 1.84. The Labute approximate surface area is 91.9 Å². The fourth-order valence-corrected chi connectivity index (χ4v) is 2.09. The summed E-state index contributed by atoms with van der Waals surface area (Å²) in [4.78, 5) is 11.7. The van der Waals surface area contributed by atoms with Crippen molar-refractivity contribution in [2.24, 2.45) is 5.92 Å². The van der Waals surface area contributed by atoms with Crippen molar-refractivity contribution in [1.82, 2.24) is 5.32 Å². The average molecular weight is 211 g/mol. The Morgan fingerprint density at radius 2 is 2.20 bits per heavy atom. The number of ether oxygens (including phenoxy) is 1. The summed E-state index contributed by atoms with van der Waals surface area (Å²) in [6.45, 7) is 8.56. The number of hydrogen-bond donors (Lipinski definition) is 1. The van der Waals surface area contributed by atoms with Crippen LogP contribution in [0.15, 0.2) is 11.3 Å². The summed E-state index contributed by atoms with van der Waals surface area (Å²) in [7, 11) is 0. The van der Waals surface area contributed by atoms with E-state index in [1.165, 1.54) is 11.3 Å². The lowest BCUT2D eigenvalue weighted by molar-refractivity contribution is -0.149. The molecule has 0 aromatic heterocycles. The molecule has 1 heterocycles. The lowest BCUT2D eigenvalue weighted by Crippen LogP contribution is -2.42. The van der Waals surface area contributed by atoms with Crippen molar-refractivity contribution in [3.05, 3.63) is 11.3 Å². The van der Waals surface area contributed by atoms with Gasteiger partial charge in [0.15, 0.2) is 0 Å². The van der Waals surface area contributed by atoms with Crippen LogP contribution in [-0.2, 0) is 9.53 Å². The Balaban J connectivity index is 2.73. The van der Waals surface area contributed by atoms with E-state index in [1.54, 1.807) is 0 Å². The van der Waals surface area contributed by atoms with Gasteiger partial charge >= 0.3 is 5.97 Å². The van der Waals surface area contributed by atoms with E-state index in [4.69, 9.17) is 4.74 Å². The zero-order valence-corrected chi connectivity index (χ0v) is 10.1. The zero-order chi connectivity index (χ0) is 11.4. The van der Waals surface area contributed by atoms with Crippen LogP contribution in [0.2, 0.25) is 0 Å². The van der Waals surface area contributed by atoms with Crippen molar-refractivity contribution in [1.29, 1.82) is 0 Å². The molecule has 2 unspecified atom stereocenters. The zero-order valence-electron chi connectivity index (χ0n) is 10.1. The van der Waals surface area contributed by atoms with E-state index in [9.17, 15) is 4.79 Å². The topological polar surface area (TPSA) is 38.3 Å². The molecule has 86 valence electrons. The summed E-state index contributed by atoms with van der Waals surface area (Å²) >= 11 is 0. The highest BCUT2D eigenvalue weighted by atomic mass is 16.5. The van der Waals surface area contributed by atoms with Crippen molar-refractivity contribution in [2.75, 3.05) is 6.61 Å². The lowest BCUT2D eigenvalue weighted by atomic mass is 9.87. The molecule has 1 N–H and O–H groups in total. The van der Waals surface area contributed by atoms with Crippen LogP contribution < -0.4 is 5.32 Å².